The highest BCUT2D eigenvalue weighted by molar-refractivity contribution is 5.60. The molecule has 2 rings (SSSR count). The molecule has 0 unspecified atom stereocenters. The van der Waals surface area contributed by atoms with Gasteiger partial charge in [0.05, 0.1) is 11.3 Å². The second-order valence-corrected chi connectivity index (χ2v) is 11.9. The second-order valence-electron chi connectivity index (χ2n) is 11.9. The fourth-order valence-corrected chi connectivity index (χ4v) is 5.34. The van der Waals surface area contributed by atoms with Gasteiger partial charge in [0, 0.05) is 24.7 Å². The van der Waals surface area contributed by atoms with Crippen LogP contribution in [0.2, 0.25) is 0 Å². The van der Waals surface area contributed by atoms with Gasteiger partial charge in [-0.2, -0.15) is 0 Å². The average Bonchev–Trinajstić information content (AvgIpc) is 3.08. The van der Waals surface area contributed by atoms with E-state index in [0.717, 1.165) is 54.9 Å². The van der Waals surface area contributed by atoms with Gasteiger partial charge >= 0.3 is 0 Å². The van der Waals surface area contributed by atoms with Crippen molar-refractivity contribution in [1.82, 2.24) is 4.98 Å². The summed E-state index contributed by atoms with van der Waals surface area (Å²) in [4.78, 5) is 6.74. The molecule has 0 saturated heterocycles. The van der Waals surface area contributed by atoms with Gasteiger partial charge in [-0.05, 0) is 57.3 Å². The van der Waals surface area contributed by atoms with E-state index in [-0.39, 0.29) is 0 Å². The van der Waals surface area contributed by atoms with Crippen LogP contribution in [0.15, 0.2) is 0 Å². The van der Waals surface area contributed by atoms with Crippen molar-refractivity contribution < 1.29 is 10.2 Å². The van der Waals surface area contributed by atoms with Gasteiger partial charge in [-0.25, -0.2) is 4.98 Å². The van der Waals surface area contributed by atoms with Gasteiger partial charge in [0.15, 0.2) is 0 Å². The molecule has 1 aliphatic heterocycles. The molecule has 0 bridgehead atoms. The monoisotopic (exact) mass is 460 g/mol. The zero-order valence-electron chi connectivity index (χ0n) is 22.7. The maximum atomic E-state index is 11.0. The lowest BCUT2D eigenvalue weighted by atomic mass is 9.87. The molecule has 0 amide bonds. The molecule has 0 radical (unpaired) electrons. The summed E-state index contributed by atoms with van der Waals surface area (Å²) >= 11 is 0. The molecule has 3 atom stereocenters. The predicted molar refractivity (Wildman–Crippen MR) is 141 cm³/mol. The fraction of sp³-hybridized carbons (Fsp3) is 0.828. The van der Waals surface area contributed by atoms with Crippen LogP contribution in [0, 0.1) is 24.7 Å². The van der Waals surface area contributed by atoms with Crippen LogP contribution in [0.25, 0.3) is 0 Å². The molecule has 0 aromatic carbocycles. The largest absolute Gasteiger partial charge is 0.506 e. The third-order valence-electron chi connectivity index (χ3n) is 7.79. The van der Waals surface area contributed by atoms with E-state index in [1.165, 1.54) is 50.5 Å². The fourth-order valence-electron chi connectivity index (χ4n) is 5.34. The summed E-state index contributed by atoms with van der Waals surface area (Å²) in [6, 6.07) is 0. The Morgan fingerprint density at radius 3 is 2.12 bits per heavy atom. The Bertz CT molecular complexity index is 729. The molecule has 0 fully saturated rings. The van der Waals surface area contributed by atoms with Crippen molar-refractivity contribution in [3.8, 4) is 5.75 Å². The summed E-state index contributed by atoms with van der Waals surface area (Å²) in [6.07, 6.45) is 13.5. The van der Waals surface area contributed by atoms with E-state index in [1.54, 1.807) is 0 Å². The number of aromatic hydroxyl groups is 1. The van der Waals surface area contributed by atoms with Crippen molar-refractivity contribution >= 4 is 5.82 Å². The van der Waals surface area contributed by atoms with Crippen LogP contribution in [0.1, 0.15) is 116 Å². The first-order valence-corrected chi connectivity index (χ1v) is 13.6. The molecule has 0 saturated carbocycles. The topological polar surface area (TPSA) is 56.6 Å². The van der Waals surface area contributed by atoms with Gasteiger partial charge in [0.1, 0.15) is 11.6 Å². The summed E-state index contributed by atoms with van der Waals surface area (Å²) in [5, 5.41) is 21.6. The van der Waals surface area contributed by atoms with E-state index < -0.39 is 5.60 Å². The highest BCUT2D eigenvalue weighted by Crippen LogP contribution is 2.37. The molecule has 190 valence electrons. The number of hydrogen-bond donors (Lipinski definition) is 2. The van der Waals surface area contributed by atoms with Crippen LogP contribution in [-0.2, 0) is 12.8 Å². The number of pyridine rings is 1. The highest BCUT2D eigenvalue weighted by atomic mass is 16.3. The van der Waals surface area contributed by atoms with Crippen molar-refractivity contribution in [2.24, 2.45) is 17.8 Å². The molecule has 1 aliphatic rings. The lowest BCUT2D eigenvalue weighted by Crippen LogP contribution is -2.25. The van der Waals surface area contributed by atoms with Crippen LogP contribution < -0.4 is 4.90 Å². The van der Waals surface area contributed by atoms with E-state index in [0.29, 0.717) is 24.3 Å². The van der Waals surface area contributed by atoms with E-state index in [2.05, 4.69) is 44.6 Å². The van der Waals surface area contributed by atoms with Gasteiger partial charge in [-0.15, -0.1) is 0 Å². The first-order valence-electron chi connectivity index (χ1n) is 13.6. The number of likely N-dealkylation sites (N-methyl/N-ethyl adjacent to an activating group) is 1. The van der Waals surface area contributed by atoms with Crippen molar-refractivity contribution in [2.75, 3.05) is 18.5 Å². The zero-order valence-corrected chi connectivity index (χ0v) is 22.7. The van der Waals surface area contributed by atoms with Crippen LogP contribution in [0.5, 0.6) is 5.75 Å². The first kappa shape index (κ1) is 28.0. The minimum atomic E-state index is -0.689. The molecule has 4 nitrogen and oxygen atoms in total. The smallest absolute Gasteiger partial charge is 0.140 e. The summed E-state index contributed by atoms with van der Waals surface area (Å²) in [6.45, 7) is 14.2. The van der Waals surface area contributed by atoms with Crippen molar-refractivity contribution in [3.63, 3.8) is 0 Å². The Balaban J connectivity index is 1.70. The third kappa shape index (κ3) is 9.11. The maximum absolute atomic E-state index is 11.0. The molecule has 1 aromatic rings. The second kappa shape index (κ2) is 13.0. The number of anilines is 1. The number of fused-ring (bicyclic) bond motifs is 1. The van der Waals surface area contributed by atoms with E-state index >= 15 is 0 Å². The Labute approximate surface area is 204 Å². The van der Waals surface area contributed by atoms with Crippen LogP contribution in [0.4, 0.5) is 5.82 Å². The molecule has 1 aromatic heterocycles. The summed E-state index contributed by atoms with van der Waals surface area (Å²) in [7, 11) is 2.06. The number of nitrogens with zero attached hydrogens (tertiary/aromatic N) is 2. The lowest BCUT2D eigenvalue weighted by molar-refractivity contribution is 0.0385. The lowest BCUT2D eigenvalue weighted by Gasteiger charge is -2.25. The molecule has 33 heavy (non-hydrogen) atoms. The highest BCUT2D eigenvalue weighted by Gasteiger charge is 2.27. The van der Waals surface area contributed by atoms with E-state index in [4.69, 9.17) is 0 Å². The maximum Gasteiger partial charge on any atom is 0.140 e. The van der Waals surface area contributed by atoms with Gasteiger partial charge < -0.3 is 15.1 Å². The van der Waals surface area contributed by atoms with Crippen molar-refractivity contribution in [2.45, 2.75) is 124 Å². The molecular formula is C29H52N2O2. The molecule has 0 aliphatic carbocycles. The molecule has 2 heterocycles. The summed E-state index contributed by atoms with van der Waals surface area (Å²) in [5.41, 5.74) is 2.17. The van der Waals surface area contributed by atoms with E-state index in [1.807, 2.05) is 13.8 Å². The minimum Gasteiger partial charge on any atom is -0.506 e. The zero-order chi connectivity index (χ0) is 24.6. The van der Waals surface area contributed by atoms with Gasteiger partial charge in [-0.3, -0.25) is 0 Å². The molecule has 2 N–H and O–H groups in total. The van der Waals surface area contributed by atoms with Crippen molar-refractivity contribution in [3.05, 3.63) is 16.8 Å². The molecular weight excluding hydrogens is 408 g/mol. The number of hydrogen-bond acceptors (Lipinski definition) is 4. The third-order valence-corrected chi connectivity index (χ3v) is 7.79. The van der Waals surface area contributed by atoms with Crippen molar-refractivity contribution in [1.29, 1.82) is 0 Å². The Kier molecular flexibility index (Phi) is 11.0. The SMILES string of the molecule is Cc1nc2c(c(CC[C@@](C)(O)CCC[C@H](C)CCC[C@H](C)CCCC(C)C)c1O)CCN2C. The molecule has 0 spiro atoms. The number of aliphatic hydroxyl groups is 1. The van der Waals surface area contributed by atoms with Crippen LogP contribution >= 0.6 is 0 Å². The minimum absolute atomic E-state index is 0.326. The Morgan fingerprint density at radius 2 is 1.52 bits per heavy atom. The van der Waals surface area contributed by atoms with Gasteiger partial charge in [0.25, 0.3) is 0 Å². The average molecular weight is 461 g/mol. The first-order chi connectivity index (χ1) is 15.5. The number of rotatable bonds is 15. The standard InChI is InChI=1S/C29H52N2O2/c1-21(2)11-8-12-22(3)13-9-14-23(4)15-10-18-29(6,33)19-16-25-26-17-20-31(7)28(26)30-24(5)27(25)32/h21-23,32-33H,8-20H2,1-7H3/t22-,23-,29+/m1/s1. The van der Waals surface area contributed by atoms with Gasteiger partial charge in [0.2, 0.25) is 0 Å². The Hall–Kier alpha value is -1.29. The molecule has 4 heteroatoms. The van der Waals surface area contributed by atoms with Crippen LogP contribution in [-0.4, -0.2) is 34.4 Å². The van der Waals surface area contributed by atoms with Crippen LogP contribution in [0.3, 0.4) is 0 Å². The summed E-state index contributed by atoms with van der Waals surface area (Å²) in [5.74, 6) is 3.74. The van der Waals surface area contributed by atoms with E-state index in [9.17, 15) is 10.2 Å². The quantitative estimate of drug-likeness (QED) is 0.290. The normalized spacial score (nSPS) is 17.3. The number of aryl methyl sites for hydroxylation is 1. The number of aromatic nitrogens is 1. The summed E-state index contributed by atoms with van der Waals surface area (Å²) < 4.78 is 0. The Morgan fingerprint density at radius 1 is 0.939 bits per heavy atom. The predicted octanol–water partition coefficient (Wildman–Crippen LogP) is 7.21. The van der Waals surface area contributed by atoms with Gasteiger partial charge in [-0.1, -0.05) is 79.1 Å².